The standard InChI is InChI=1S/C19H12N4O3/c24-12-6-4-11(5-7-12)22-14-9-16(25)17-18(19(14)26)21-10-15(23-17)13-3-1-2-8-20-13/h1-10,22,24H. The molecule has 0 radical (unpaired) electrons. The molecule has 0 unspecified atom stereocenters. The molecule has 3 aromatic rings. The van der Waals surface area contributed by atoms with Gasteiger partial charge < -0.3 is 10.4 Å². The van der Waals surface area contributed by atoms with Crippen molar-refractivity contribution in [3.63, 3.8) is 0 Å². The van der Waals surface area contributed by atoms with Crippen LogP contribution in [0.4, 0.5) is 5.69 Å². The molecule has 0 aliphatic heterocycles. The number of hydrogen-bond acceptors (Lipinski definition) is 7. The van der Waals surface area contributed by atoms with Gasteiger partial charge in [0.2, 0.25) is 11.6 Å². The van der Waals surface area contributed by atoms with Gasteiger partial charge in [-0.2, -0.15) is 0 Å². The average Bonchev–Trinajstić information content (AvgIpc) is 2.68. The second-order valence-electron chi connectivity index (χ2n) is 5.59. The lowest BCUT2D eigenvalue weighted by atomic mass is 10.0. The first-order valence-corrected chi connectivity index (χ1v) is 7.77. The highest BCUT2D eigenvalue weighted by atomic mass is 16.3. The zero-order chi connectivity index (χ0) is 18.1. The molecule has 0 spiro atoms. The van der Waals surface area contributed by atoms with Crippen molar-refractivity contribution in [1.29, 1.82) is 0 Å². The molecule has 1 aromatic carbocycles. The number of phenolic OH excluding ortho intramolecular Hbond substituents is 1. The number of fused-ring (bicyclic) bond motifs is 1. The molecule has 126 valence electrons. The van der Waals surface area contributed by atoms with Gasteiger partial charge in [-0.15, -0.1) is 0 Å². The van der Waals surface area contributed by atoms with Crippen LogP contribution in [-0.2, 0) is 0 Å². The summed E-state index contributed by atoms with van der Waals surface area (Å²) in [7, 11) is 0. The molecule has 1 aliphatic rings. The first kappa shape index (κ1) is 15.6. The number of phenols is 1. The van der Waals surface area contributed by atoms with Gasteiger partial charge in [-0.3, -0.25) is 14.6 Å². The van der Waals surface area contributed by atoms with Crippen molar-refractivity contribution in [2.24, 2.45) is 0 Å². The van der Waals surface area contributed by atoms with E-state index in [4.69, 9.17) is 0 Å². The molecule has 0 fully saturated rings. The molecule has 0 atom stereocenters. The van der Waals surface area contributed by atoms with E-state index in [2.05, 4.69) is 20.3 Å². The Kier molecular flexibility index (Phi) is 3.74. The molecule has 2 N–H and O–H groups in total. The van der Waals surface area contributed by atoms with Crippen molar-refractivity contribution in [2.75, 3.05) is 5.32 Å². The van der Waals surface area contributed by atoms with Gasteiger partial charge in [0.05, 0.1) is 17.6 Å². The van der Waals surface area contributed by atoms with Crippen LogP contribution in [0.3, 0.4) is 0 Å². The molecular weight excluding hydrogens is 332 g/mol. The monoisotopic (exact) mass is 344 g/mol. The third kappa shape index (κ3) is 2.82. The summed E-state index contributed by atoms with van der Waals surface area (Å²) in [5, 5.41) is 12.2. The van der Waals surface area contributed by atoms with Crippen molar-refractivity contribution >= 4 is 17.3 Å². The fourth-order valence-corrected chi connectivity index (χ4v) is 2.55. The van der Waals surface area contributed by atoms with Gasteiger partial charge in [-0.25, -0.2) is 9.97 Å². The van der Waals surface area contributed by atoms with Gasteiger partial charge in [0.15, 0.2) is 0 Å². The Bertz CT molecular complexity index is 1040. The number of carbonyl (C=O) groups is 2. The maximum atomic E-state index is 12.6. The smallest absolute Gasteiger partial charge is 0.229 e. The lowest BCUT2D eigenvalue weighted by Crippen LogP contribution is -2.24. The van der Waals surface area contributed by atoms with Crippen LogP contribution in [-0.4, -0.2) is 31.6 Å². The number of ketones is 2. The van der Waals surface area contributed by atoms with E-state index in [1.54, 1.807) is 36.5 Å². The molecule has 4 rings (SSSR count). The first-order valence-electron chi connectivity index (χ1n) is 7.77. The van der Waals surface area contributed by atoms with Crippen LogP contribution in [0.15, 0.2) is 66.6 Å². The van der Waals surface area contributed by atoms with Crippen LogP contribution in [0.2, 0.25) is 0 Å². The average molecular weight is 344 g/mol. The number of carbonyl (C=O) groups excluding carboxylic acids is 2. The van der Waals surface area contributed by atoms with Gasteiger partial charge in [0.1, 0.15) is 22.8 Å². The third-order valence-corrected chi connectivity index (χ3v) is 3.81. The van der Waals surface area contributed by atoms with Crippen molar-refractivity contribution in [1.82, 2.24) is 15.0 Å². The third-order valence-electron chi connectivity index (χ3n) is 3.81. The predicted octanol–water partition coefficient (Wildman–Crippen LogP) is 2.62. The minimum Gasteiger partial charge on any atom is -0.508 e. The number of hydrogen-bond donors (Lipinski definition) is 2. The molecule has 26 heavy (non-hydrogen) atoms. The maximum Gasteiger partial charge on any atom is 0.229 e. The van der Waals surface area contributed by atoms with Gasteiger partial charge >= 0.3 is 0 Å². The van der Waals surface area contributed by atoms with Crippen LogP contribution < -0.4 is 5.32 Å². The summed E-state index contributed by atoms with van der Waals surface area (Å²) >= 11 is 0. The van der Waals surface area contributed by atoms with Crippen LogP contribution in [0, 0.1) is 0 Å². The number of nitrogens with one attached hydrogen (secondary N) is 1. The number of nitrogens with zero attached hydrogens (tertiary/aromatic N) is 3. The number of allylic oxidation sites excluding steroid dienone is 2. The summed E-state index contributed by atoms with van der Waals surface area (Å²) in [4.78, 5) is 37.6. The lowest BCUT2D eigenvalue weighted by Gasteiger charge is -2.15. The Morgan fingerprint density at radius 1 is 0.885 bits per heavy atom. The van der Waals surface area contributed by atoms with Crippen molar-refractivity contribution < 1.29 is 14.7 Å². The molecule has 1 aliphatic carbocycles. The second kappa shape index (κ2) is 6.21. The summed E-state index contributed by atoms with van der Waals surface area (Å²) < 4.78 is 0. The minimum atomic E-state index is -0.423. The summed E-state index contributed by atoms with van der Waals surface area (Å²) in [6.07, 6.45) is 4.24. The zero-order valence-electron chi connectivity index (χ0n) is 13.4. The molecule has 7 heteroatoms. The van der Waals surface area contributed by atoms with Gasteiger partial charge in [0, 0.05) is 18.0 Å². The fourth-order valence-electron chi connectivity index (χ4n) is 2.55. The SMILES string of the molecule is O=C1C=C(Nc2ccc(O)cc2)C(=O)c2ncc(-c3ccccn3)nc21. The number of anilines is 1. The van der Waals surface area contributed by atoms with E-state index in [0.717, 1.165) is 0 Å². The van der Waals surface area contributed by atoms with Gasteiger partial charge in [0.25, 0.3) is 0 Å². The van der Waals surface area contributed by atoms with Crippen LogP contribution >= 0.6 is 0 Å². The summed E-state index contributed by atoms with van der Waals surface area (Å²) in [6.45, 7) is 0. The Morgan fingerprint density at radius 3 is 2.42 bits per heavy atom. The van der Waals surface area contributed by atoms with Gasteiger partial charge in [-0.1, -0.05) is 6.07 Å². The molecule has 0 bridgehead atoms. The number of aromatic hydroxyl groups is 1. The molecule has 0 saturated heterocycles. The Morgan fingerprint density at radius 2 is 1.69 bits per heavy atom. The van der Waals surface area contributed by atoms with Crippen LogP contribution in [0.5, 0.6) is 5.75 Å². The Hall–Kier alpha value is -3.87. The number of benzene rings is 1. The first-order chi connectivity index (χ1) is 12.6. The Balaban J connectivity index is 1.67. The van der Waals surface area contributed by atoms with E-state index < -0.39 is 11.6 Å². The molecule has 0 amide bonds. The predicted molar refractivity (Wildman–Crippen MR) is 93.7 cm³/mol. The van der Waals surface area contributed by atoms with E-state index in [1.807, 2.05) is 0 Å². The largest absolute Gasteiger partial charge is 0.508 e. The molecule has 0 saturated carbocycles. The number of aromatic nitrogens is 3. The molecular formula is C19H12N4O3. The topological polar surface area (TPSA) is 105 Å². The summed E-state index contributed by atoms with van der Waals surface area (Å²) in [5.74, 6) is -0.729. The summed E-state index contributed by atoms with van der Waals surface area (Å²) in [5.41, 5.74) is 1.67. The highest BCUT2D eigenvalue weighted by Crippen LogP contribution is 2.23. The van der Waals surface area contributed by atoms with Crippen molar-refractivity contribution in [3.8, 4) is 17.1 Å². The zero-order valence-corrected chi connectivity index (χ0v) is 13.4. The maximum absolute atomic E-state index is 12.6. The number of Topliss-reactive ketones (excluding diaryl/α,β-unsaturated/α-hetero) is 1. The molecule has 2 aromatic heterocycles. The molecule has 7 nitrogen and oxygen atoms in total. The van der Waals surface area contributed by atoms with E-state index in [0.29, 0.717) is 17.1 Å². The highest BCUT2D eigenvalue weighted by molar-refractivity contribution is 6.23. The normalized spacial score (nSPS) is 13.2. The molecule has 2 heterocycles. The van der Waals surface area contributed by atoms with E-state index in [1.165, 1.54) is 24.4 Å². The quantitative estimate of drug-likeness (QED) is 0.704. The van der Waals surface area contributed by atoms with Crippen LogP contribution in [0.1, 0.15) is 21.0 Å². The number of rotatable bonds is 3. The van der Waals surface area contributed by atoms with Crippen molar-refractivity contribution in [2.45, 2.75) is 0 Å². The van der Waals surface area contributed by atoms with E-state index in [-0.39, 0.29) is 22.8 Å². The van der Waals surface area contributed by atoms with E-state index >= 15 is 0 Å². The van der Waals surface area contributed by atoms with Crippen LogP contribution in [0.25, 0.3) is 11.4 Å². The second-order valence-corrected chi connectivity index (χ2v) is 5.59. The summed E-state index contributed by atoms with van der Waals surface area (Å²) in [6, 6.07) is 11.5. The van der Waals surface area contributed by atoms with Gasteiger partial charge in [-0.05, 0) is 36.4 Å². The number of pyridine rings is 1. The highest BCUT2D eigenvalue weighted by Gasteiger charge is 2.29. The Labute approximate surface area is 148 Å². The minimum absolute atomic E-state index is 0.00143. The van der Waals surface area contributed by atoms with E-state index in [9.17, 15) is 14.7 Å². The lowest BCUT2D eigenvalue weighted by molar-refractivity contribution is 0.0978. The van der Waals surface area contributed by atoms with Crippen molar-refractivity contribution in [3.05, 3.63) is 78.0 Å². The fraction of sp³-hybridized carbons (Fsp3) is 0.